The first-order chi connectivity index (χ1) is 17.6. The van der Waals surface area contributed by atoms with E-state index in [2.05, 4.69) is 10.1 Å². The van der Waals surface area contributed by atoms with Crippen LogP contribution >= 0.6 is 23.2 Å². The monoisotopic (exact) mass is 541 g/mol. The van der Waals surface area contributed by atoms with E-state index in [1.165, 1.54) is 4.68 Å². The molecule has 5 rings (SSSR count). The van der Waals surface area contributed by atoms with Gasteiger partial charge in [0.05, 0.1) is 38.1 Å². The van der Waals surface area contributed by atoms with E-state index in [0.29, 0.717) is 27.0 Å². The number of nitrogens with zero attached hydrogens (tertiary/aromatic N) is 3. The number of hydrogen-bond donors (Lipinski definition) is 0. The molecule has 0 aliphatic heterocycles. The van der Waals surface area contributed by atoms with Crippen LogP contribution in [0.2, 0.25) is 10.0 Å². The summed E-state index contributed by atoms with van der Waals surface area (Å²) in [5, 5.41) is 5.26. The van der Waals surface area contributed by atoms with Crippen LogP contribution in [0.3, 0.4) is 0 Å². The third-order valence-corrected chi connectivity index (χ3v) is 6.68. The van der Waals surface area contributed by atoms with E-state index < -0.39 is 11.7 Å². The minimum absolute atomic E-state index is 0.0154. The first-order valence-electron chi connectivity index (χ1n) is 11.3. The fourth-order valence-electron chi connectivity index (χ4n) is 4.04. The van der Waals surface area contributed by atoms with Gasteiger partial charge in [-0.15, -0.1) is 0 Å². The molecule has 0 N–H and O–H groups in total. The molecular weight excluding hydrogens is 522 g/mol. The molecular formula is C28H20Cl2F3N3O. The number of rotatable bonds is 5. The highest BCUT2D eigenvalue weighted by molar-refractivity contribution is 6.42. The third-order valence-electron chi connectivity index (χ3n) is 5.94. The van der Waals surface area contributed by atoms with Crippen LogP contribution in [-0.2, 0) is 12.8 Å². The Bertz CT molecular complexity index is 1600. The molecule has 3 aromatic carbocycles. The molecule has 4 nitrogen and oxygen atoms in total. The van der Waals surface area contributed by atoms with E-state index >= 15 is 0 Å². The summed E-state index contributed by atoms with van der Waals surface area (Å²) in [5.41, 5.74) is 2.82. The van der Waals surface area contributed by atoms with Crippen LogP contribution in [0.25, 0.3) is 28.0 Å². The second kappa shape index (κ2) is 9.72. The molecule has 0 unspecified atom stereocenters. The van der Waals surface area contributed by atoms with Crippen molar-refractivity contribution in [3.63, 3.8) is 0 Å². The van der Waals surface area contributed by atoms with Gasteiger partial charge in [0.15, 0.2) is 5.65 Å². The molecule has 0 amide bonds. The van der Waals surface area contributed by atoms with E-state index in [1.54, 1.807) is 49.4 Å². The van der Waals surface area contributed by atoms with E-state index in [-0.39, 0.29) is 29.0 Å². The van der Waals surface area contributed by atoms with Gasteiger partial charge in [-0.05, 0) is 74.0 Å². The van der Waals surface area contributed by atoms with Gasteiger partial charge >= 0.3 is 6.18 Å². The first-order valence-corrected chi connectivity index (χ1v) is 12.1. The smallest absolute Gasteiger partial charge is 0.417 e. The average molecular weight is 542 g/mol. The number of fused-ring (bicyclic) bond motifs is 1. The van der Waals surface area contributed by atoms with Crippen LogP contribution in [0.5, 0.6) is 5.75 Å². The van der Waals surface area contributed by atoms with Crippen molar-refractivity contribution >= 4 is 34.2 Å². The Morgan fingerprint density at radius 3 is 2.22 bits per heavy atom. The minimum atomic E-state index is -4.58. The number of aromatic nitrogens is 3. The summed E-state index contributed by atoms with van der Waals surface area (Å²) in [6, 6.07) is 20.4. The molecule has 0 spiro atoms. The number of pyridine rings is 1. The van der Waals surface area contributed by atoms with E-state index in [4.69, 9.17) is 27.9 Å². The zero-order valence-corrected chi connectivity index (χ0v) is 21.3. The van der Waals surface area contributed by atoms with Crippen LogP contribution in [0.4, 0.5) is 13.2 Å². The fraction of sp³-hybridized carbons (Fsp3) is 0.143. The second-order valence-electron chi connectivity index (χ2n) is 8.65. The molecule has 0 atom stereocenters. The molecule has 0 radical (unpaired) electrons. The number of benzene rings is 3. The maximum atomic E-state index is 14.1. The van der Waals surface area contributed by atoms with E-state index in [1.807, 2.05) is 31.2 Å². The lowest BCUT2D eigenvalue weighted by atomic mass is 10.0. The standard InChI is InChI=1S/C28H20Cl2F3N3O/c1-16-3-8-20(9-4-16)36-27-26(17(2)35-36)22(28(31,32)33)14-25(34-27)19-6-10-21(11-7-19)37-15-18-5-12-23(29)24(30)13-18/h3-14H,15H2,1-2H3. The largest absolute Gasteiger partial charge is 0.489 e. The molecule has 0 fully saturated rings. The molecule has 9 heteroatoms. The topological polar surface area (TPSA) is 39.9 Å². The van der Waals surface area contributed by atoms with Gasteiger partial charge in [-0.1, -0.05) is 47.0 Å². The number of alkyl halides is 3. The van der Waals surface area contributed by atoms with Crippen LogP contribution in [0.15, 0.2) is 72.8 Å². The van der Waals surface area contributed by atoms with Gasteiger partial charge in [0, 0.05) is 5.56 Å². The molecule has 0 aliphatic rings. The van der Waals surface area contributed by atoms with Gasteiger partial charge in [-0.3, -0.25) is 0 Å². The minimum Gasteiger partial charge on any atom is -0.489 e. The van der Waals surface area contributed by atoms with Crippen LogP contribution in [-0.4, -0.2) is 14.8 Å². The van der Waals surface area contributed by atoms with E-state index in [0.717, 1.165) is 17.2 Å². The molecule has 2 aromatic heterocycles. The summed E-state index contributed by atoms with van der Waals surface area (Å²) in [4.78, 5) is 4.61. The van der Waals surface area contributed by atoms with Gasteiger partial charge in [0.1, 0.15) is 12.4 Å². The lowest BCUT2D eigenvalue weighted by Gasteiger charge is -2.12. The van der Waals surface area contributed by atoms with Crippen molar-refractivity contribution < 1.29 is 17.9 Å². The normalized spacial score (nSPS) is 11.8. The van der Waals surface area contributed by atoms with Crippen molar-refractivity contribution in [2.24, 2.45) is 0 Å². The Hall–Kier alpha value is -3.55. The maximum absolute atomic E-state index is 14.1. The zero-order valence-electron chi connectivity index (χ0n) is 19.8. The van der Waals surface area contributed by atoms with Crippen LogP contribution in [0, 0.1) is 13.8 Å². The summed E-state index contributed by atoms with van der Waals surface area (Å²) in [6.07, 6.45) is -4.58. The number of halogens is 5. The van der Waals surface area contributed by atoms with Crippen molar-refractivity contribution in [2.45, 2.75) is 26.6 Å². The molecule has 0 bridgehead atoms. The molecule has 2 heterocycles. The van der Waals surface area contributed by atoms with Crippen molar-refractivity contribution in [3.8, 4) is 22.7 Å². The first kappa shape index (κ1) is 25.1. The lowest BCUT2D eigenvalue weighted by molar-refractivity contribution is -0.136. The number of aryl methyl sites for hydroxylation is 2. The quantitative estimate of drug-likeness (QED) is 0.223. The SMILES string of the molecule is Cc1ccc(-n2nc(C)c3c(C(F)(F)F)cc(-c4ccc(OCc5ccc(Cl)c(Cl)c5)cc4)nc32)cc1. The molecule has 188 valence electrons. The third kappa shape index (κ3) is 5.15. The van der Waals surface area contributed by atoms with Gasteiger partial charge in [-0.2, -0.15) is 18.3 Å². The Morgan fingerprint density at radius 1 is 0.865 bits per heavy atom. The molecule has 37 heavy (non-hydrogen) atoms. The van der Waals surface area contributed by atoms with Crippen molar-refractivity contribution in [3.05, 3.63) is 105 Å². The predicted octanol–water partition coefficient (Wildman–Crippen LogP) is 8.61. The van der Waals surface area contributed by atoms with Crippen molar-refractivity contribution in [2.75, 3.05) is 0 Å². The average Bonchev–Trinajstić information content (AvgIpc) is 3.20. The van der Waals surface area contributed by atoms with Crippen LogP contribution < -0.4 is 4.74 Å². The lowest BCUT2D eigenvalue weighted by Crippen LogP contribution is -2.08. The Labute approximate surface area is 221 Å². The molecule has 0 saturated heterocycles. The van der Waals surface area contributed by atoms with Gasteiger partial charge in [0.2, 0.25) is 0 Å². The Morgan fingerprint density at radius 2 is 1.57 bits per heavy atom. The highest BCUT2D eigenvalue weighted by Gasteiger charge is 2.35. The van der Waals surface area contributed by atoms with Gasteiger partial charge in [0.25, 0.3) is 0 Å². The summed E-state index contributed by atoms with van der Waals surface area (Å²) < 4.78 is 49.7. The van der Waals surface area contributed by atoms with Crippen molar-refractivity contribution in [1.82, 2.24) is 14.8 Å². The summed E-state index contributed by atoms with van der Waals surface area (Å²) in [7, 11) is 0. The van der Waals surface area contributed by atoms with Gasteiger partial charge in [-0.25, -0.2) is 9.67 Å². The Balaban J connectivity index is 1.52. The van der Waals surface area contributed by atoms with Crippen LogP contribution in [0.1, 0.15) is 22.4 Å². The molecule has 0 saturated carbocycles. The number of hydrogen-bond acceptors (Lipinski definition) is 3. The fourth-order valence-corrected chi connectivity index (χ4v) is 4.37. The van der Waals surface area contributed by atoms with Crippen molar-refractivity contribution in [1.29, 1.82) is 0 Å². The number of ether oxygens (including phenoxy) is 1. The van der Waals surface area contributed by atoms with E-state index in [9.17, 15) is 13.2 Å². The van der Waals surface area contributed by atoms with Gasteiger partial charge < -0.3 is 4.74 Å². The molecule has 5 aromatic rings. The Kier molecular flexibility index (Phi) is 6.60. The highest BCUT2D eigenvalue weighted by Crippen LogP contribution is 2.39. The zero-order chi connectivity index (χ0) is 26.3. The highest BCUT2D eigenvalue weighted by atomic mass is 35.5. The maximum Gasteiger partial charge on any atom is 0.417 e. The summed E-state index contributed by atoms with van der Waals surface area (Å²) >= 11 is 12.0. The summed E-state index contributed by atoms with van der Waals surface area (Å²) in [5.74, 6) is 0.549. The molecule has 0 aliphatic carbocycles. The second-order valence-corrected chi connectivity index (χ2v) is 9.46. The predicted molar refractivity (Wildman–Crippen MR) is 140 cm³/mol. The summed E-state index contributed by atoms with van der Waals surface area (Å²) in [6.45, 7) is 3.75.